The molecule has 1 aromatic rings. The van der Waals surface area contributed by atoms with Gasteiger partial charge in [-0.05, 0) is 11.6 Å². The number of carbonyl (C=O) groups is 1. The molecule has 0 atom stereocenters. The van der Waals surface area contributed by atoms with Crippen molar-refractivity contribution < 1.29 is 18.7 Å². The van der Waals surface area contributed by atoms with Gasteiger partial charge in [-0.1, -0.05) is 0 Å². The fraction of sp³-hybridized carbons (Fsp3) is 0.333. The molecule has 0 aliphatic rings. The minimum atomic E-state index is -2.80. The van der Waals surface area contributed by atoms with Crippen molar-refractivity contribution in [2.24, 2.45) is 5.73 Å². The van der Waals surface area contributed by atoms with Crippen LogP contribution < -0.4 is 11.5 Å². The molecule has 0 spiro atoms. The van der Waals surface area contributed by atoms with Crippen molar-refractivity contribution in [2.45, 2.75) is 19.4 Å². The fourth-order valence-corrected chi connectivity index (χ4v) is 1.26. The lowest BCUT2D eigenvalue weighted by atomic mass is 10.1. The number of aliphatic carboxylic acids is 1. The third-order valence-corrected chi connectivity index (χ3v) is 1.99. The molecule has 0 radical (unpaired) electrons. The highest BCUT2D eigenvalue weighted by Crippen LogP contribution is 2.24. The summed E-state index contributed by atoms with van der Waals surface area (Å²) >= 11 is 0. The molecule has 0 aliphatic carbocycles. The number of hydrogen-bond acceptors (Lipinski definition) is 4. The normalized spacial score (nSPS) is 10.8. The largest absolute Gasteiger partial charge is 0.481 e. The zero-order valence-electron chi connectivity index (χ0n) is 8.28. The topological polar surface area (TPSA) is 102 Å². The van der Waals surface area contributed by atoms with Crippen molar-refractivity contribution in [3.05, 3.63) is 23.0 Å². The first kappa shape index (κ1) is 12.3. The molecule has 88 valence electrons. The van der Waals surface area contributed by atoms with E-state index in [-0.39, 0.29) is 23.5 Å². The second-order valence-electron chi connectivity index (χ2n) is 3.14. The second kappa shape index (κ2) is 4.84. The number of nitrogen functional groups attached to an aromatic ring is 1. The average molecular weight is 231 g/mol. The maximum Gasteiger partial charge on any atom is 0.309 e. The van der Waals surface area contributed by atoms with Gasteiger partial charge in [0.2, 0.25) is 0 Å². The highest BCUT2D eigenvalue weighted by molar-refractivity contribution is 5.72. The Kier molecular flexibility index (Phi) is 3.73. The number of rotatable bonds is 4. The molecule has 0 aliphatic heterocycles. The highest BCUT2D eigenvalue weighted by atomic mass is 19.3. The summed E-state index contributed by atoms with van der Waals surface area (Å²) in [5, 5.41) is 8.54. The number of alkyl halides is 2. The van der Waals surface area contributed by atoms with Crippen LogP contribution in [0.15, 0.2) is 6.07 Å². The molecule has 0 bridgehead atoms. The quantitative estimate of drug-likeness (QED) is 0.707. The van der Waals surface area contributed by atoms with E-state index in [1.54, 1.807) is 0 Å². The number of aromatic nitrogens is 1. The van der Waals surface area contributed by atoms with E-state index < -0.39 is 24.5 Å². The molecular formula is C9H11F2N3O2. The molecule has 16 heavy (non-hydrogen) atoms. The summed E-state index contributed by atoms with van der Waals surface area (Å²) in [6, 6.07) is 1.24. The molecule has 0 amide bonds. The number of nitrogens with zero attached hydrogens (tertiary/aromatic N) is 1. The van der Waals surface area contributed by atoms with Crippen molar-refractivity contribution in [3.63, 3.8) is 0 Å². The minimum absolute atomic E-state index is 0.0623. The molecule has 1 aromatic heterocycles. The third-order valence-electron chi connectivity index (χ3n) is 1.99. The summed E-state index contributed by atoms with van der Waals surface area (Å²) in [5.41, 5.74) is 10.4. The van der Waals surface area contributed by atoms with Gasteiger partial charge in [0.1, 0.15) is 5.69 Å². The Morgan fingerprint density at radius 3 is 2.62 bits per heavy atom. The average Bonchev–Trinajstić information content (AvgIpc) is 2.19. The van der Waals surface area contributed by atoms with E-state index >= 15 is 0 Å². The van der Waals surface area contributed by atoms with Gasteiger partial charge in [-0.2, -0.15) is 0 Å². The van der Waals surface area contributed by atoms with Crippen LogP contribution in [0.2, 0.25) is 0 Å². The number of anilines is 1. The molecule has 0 saturated heterocycles. The SMILES string of the molecule is NCc1cc(N)c(CC(=O)O)nc1C(F)F. The van der Waals surface area contributed by atoms with Gasteiger partial charge in [0.05, 0.1) is 17.8 Å². The summed E-state index contributed by atoms with van der Waals surface area (Å²) in [6.45, 7) is -0.121. The van der Waals surface area contributed by atoms with E-state index in [1.165, 1.54) is 6.07 Å². The summed E-state index contributed by atoms with van der Waals surface area (Å²) in [7, 11) is 0. The van der Waals surface area contributed by atoms with E-state index in [1.807, 2.05) is 0 Å². The molecule has 0 unspecified atom stereocenters. The van der Waals surface area contributed by atoms with Crippen molar-refractivity contribution in [2.75, 3.05) is 5.73 Å². The number of carboxylic acid groups (broad SMARTS) is 1. The van der Waals surface area contributed by atoms with Crippen molar-refractivity contribution >= 4 is 11.7 Å². The summed E-state index contributed by atoms with van der Waals surface area (Å²) in [5.74, 6) is -1.18. The van der Waals surface area contributed by atoms with E-state index in [0.29, 0.717) is 0 Å². The second-order valence-corrected chi connectivity index (χ2v) is 3.14. The number of pyridine rings is 1. The molecule has 5 nitrogen and oxygen atoms in total. The Labute approximate surface area is 90.1 Å². The first-order valence-corrected chi connectivity index (χ1v) is 4.43. The van der Waals surface area contributed by atoms with Crippen molar-refractivity contribution in [1.82, 2.24) is 4.98 Å². The molecule has 1 heterocycles. The van der Waals surface area contributed by atoms with E-state index in [2.05, 4.69) is 4.98 Å². The van der Waals surface area contributed by atoms with Crippen LogP contribution in [0.1, 0.15) is 23.4 Å². The molecule has 7 heteroatoms. The van der Waals surface area contributed by atoms with Gasteiger partial charge in [0.15, 0.2) is 0 Å². The van der Waals surface area contributed by atoms with Gasteiger partial charge in [-0.3, -0.25) is 4.79 Å². The molecule has 5 N–H and O–H groups in total. The fourth-order valence-electron chi connectivity index (χ4n) is 1.26. The maximum atomic E-state index is 12.6. The van der Waals surface area contributed by atoms with Crippen LogP contribution in [0.5, 0.6) is 0 Å². The van der Waals surface area contributed by atoms with Crippen LogP contribution >= 0.6 is 0 Å². The Balaban J connectivity index is 3.21. The number of halogens is 2. The zero-order chi connectivity index (χ0) is 12.3. The first-order valence-electron chi connectivity index (χ1n) is 4.43. The first-order chi connectivity index (χ1) is 7.45. The van der Waals surface area contributed by atoms with Crippen molar-refractivity contribution in [1.29, 1.82) is 0 Å². The van der Waals surface area contributed by atoms with E-state index in [9.17, 15) is 13.6 Å². The maximum absolute atomic E-state index is 12.6. The van der Waals surface area contributed by atoms with Crippen molar-refractivity contribution in [3.8, 4) is 0 Å². The standard InChI is InChI=1S/C9H11F2N3O2/c10-9(11)8-4(3-12)1-5(13)6(14-8)2-7(15)16/h1,9H,2-3,12-13H2,(H,15,16). The smallest absolute Gasteiger partial charge is 0.309 e. The van der Waals surface area contributed by atoms with Gasteiger partial charge in [0.25, 0.3) is 6.43 Å². The summed E-state index contributed by atoms with van der Waals surface area (Å²) in [4.78, 5) is 14.0. The highest BCUT2D eigenvalue weighted by Gasteiger charge is 2.18. The summed E-state index contributed by atoms with van der Waals surface area (Å²) < 4.78 is 25.1. The molecule has 1 rings (SSSR count). The lowest BCUT2D eigenvalue weighted by Crippen LogP contribution is -2.12. The Morgan fingerprint density at radius 2 is 2.19 bits per heavy atom. The van der Waals surface area contributed by atoms with E-state index in [4.69, 9.17) is 16.6 Å². The Hall–Kier alpha value is -1.76. The van der Waals surface area contributed by atoms with Crippen LogP contribution in [0.25, 0.3) is 0 Å². The van der Waals surface area contributed by atoms with Gasteiger partial charge >= 0.3 is 5.97 Å². The number of carboxylic acids is 1. The molecule has 0 aromatic carbocycles. The summed E-state index contributed by atoms with van der Waals surface area (Å²) in [6.07, 6.45) is -3.29. The predicted molar refractivity (Wildman–Crippen MR) is 52.8 cm³/mol. The van der Waals surface area contributed by atoms with Gasteiger partial charge in [-0.25, -0.2) is 13.8 Å². The van der Waals surface area contributed by atoms with Crippen LogP contribution in [0.3, 0.4) is 0 Å². The predicted octanol–water partition coefficient (Wildman–Crippen LogP) is 0.687. The van der Waals surface area contributed by atoms with Gasteiger partial charge < -0.3 is 16.6 Å². The Morgan fingerprint density at radius 1 is 1.56 bits per heavy atom. The third kappa shape index (κ3) is 2.63. The molecule has 0 fully saturated rings. The van der Waals surface area contributed by atoms with Gasteiger partial charge in [0, 0.05) is 6.54 Å². The van der Waals surface area contributed by atoms with Crippen LogP contribution in [-0.2, 0) is 17.8 Å². The number of hydrogen-bond donors (Lipinski definition) is 3. The number of nitrogens with two attached hydrogens (primary N) is 2. The van der Waals surface area contributed by atoms with Crippen LogP contribution in [0.4, 0.5) is 14.5 Å². The van der Waals surface area contributed by atoms with Crippen LogP contribution in [0, 0.1) is 0 Å². The minimum Gasteiger partial charge on any atom is -0.481 e. The monoisotopic (exact) mass is 231 g/mol. The zero-order valence-corrected chi connectivity index (χ0v) is 8.28. The molecule has 0 saturated carbocycles. The Bertz CT molecular complexity index is 410. The van der Waals surface area contributed by atoms with E-state index in [0.717, 1.165) is 0 Å². The van der Waals surface area contributed by atoms with Gasteiger partial charge in [-0.15, -0.1) is 0 Å². The molecular weight excluding hydrogens is 220 g/mol. The van der Waals surface area contributed by atoms with Crippen LogP contribution in [-0.4, -0.2) is 16.1 Å². The lowest BCUT2D eigenvalue weighted by molar-refractivity contribution is -0.136. The lowest BCUT2D eigenvalue weighted by Gasteiger charge is -2.10.